The van der Waals surface area contributed by atoms with E-state index in [1.54, 1.807) is 19.5 Å². The molecule has 1 N–H and O–H groups in total. The van der Waals surface area contributed by atoms with Crippen molar-refractivity contribution in [2.45, 2.75) is 56.8 Å². The van der Waals surface area contributed by atoms with E-state index < -0.39 is 0 Å². The monoisotopic (exact) mass is 476 g/mol. The van der Waals surface area contributed by atoms with Gasteiger partial charge in [0.05, 0.1) is 5.56 Å². The molecule has 2 aliphatic heterocycles. The lowest BCUT2D eigenvalue weighted by Gasteiger charge is -2.38. The lowest BCUT2D eigenvalue weighted by molar-refractivity contribution is 0.0628. The van der Waals surface area contributed by atoms with E-state index >= 15 is 0 Å². The number of amides is 1. The second-order valence-corrected chi connectivity index (χ2v) is 9.12. The summed E-state index contributed by atoms with van der Waals surface area (Å²) in [7, 11) is 1.60. The molecule has 3 aliphatic rings. The molecular formula is C21H29ClN8O3. The minimum Gasteiger partial charge on any atom is -0.377 e. The zero-order valence-electron chi connectivity index (χ0n) is 18.7. The van der Waals surface area contributed by atoms with E-state index in [-0.39, 0.29) is 18.0 Å². The third-order valence-electron chi connectivity index (χ3n) is 6.54. The zero-order valence-corrected chi connectivity index (χ0v) is 19.4. The van der Waals surface area contributed by atoms with Gasteiger partial charge in [-0.05, 0) is 43.9 Å². The number of nitrogens with one attached hydrogen (secondary N) is 1. The van der Waals surface area contributed by atoms with Crippen LogP contribution < -0.4 is 14.6 Å². The van der Waals surface area contributed by atoms with Crippen molar-refractivity contribution < 1.29 is 14.1 Å². The Labute approximate surface area is 197 Å². The smallest absolute Gasteiger partial charge is 0.324 e. The number of ether oxygens (including phenoxy) is 1. The van der Waals surface area contributed by atoms with Crippen molar-refractivity contribution in [2.75, 3.05) is 43.1 Å². The molecule has 1 aliphatic carbocycles. The van der Waals surface area contributed by atoms with Crippen LogP contribution in [0.2, 0.25) is 0 Å². The van der Waals surface area contributed by atoms with E-state index in [1.807, 2.05) is 0 Å². The van der Waals surface area contributed by atoms with Crippen LogP contribution >= 0.6 is 11.8 Å². The normalized spacial score (nSPS) is 21.6. The molecule has 11 nitrogen and oxygen atoms in total. The molecule has 1 amide bonds. The first-order chi connectivity index (χ1) is 16.2. The van der Waals surface area contributed by atoms with Gasteiger partial charge in [0.1, 0.15) is 6.61 Å². The number of aromatic nitrogens is 4. The van der Waals surface area contributed by atoms with Gasteiger partial charge in [-0.2, -0.15) is 4.98 Å². The molecule has 0 spiro atoms. The average molecular weight is 477 g/mol. The SMILES string of the molecule is COCc1noc(N2CCC(N(C(=O)c3cnc(N4CCC(NCl)C4)nc3)C3CC3)CC2)n1. The summed E-state index contributed by atoms with van der Waals surface area (Å²) in [5, 5.41) is 3.94. The first-order valence-corrected chi connectivity index (χ1v) is 11.9. The van der Waals surface area contributed by atoms with E-state index in [2.05, 4.69) is 39.6 Å². The van der Waals surface area contributed by atoms with Crippen LogP contribution in [0, 0.1) is 0 Å². The van der Waals surface area contributed by atoms with Crippen LogP contribution in [0.3, 0.4) is 0 Å². The van der Waals surface area contributed by atoms with Crippen LogP contribution in [-0.2, 0) is 11.3 Å². The lowest BCUT2D eigenvalue weighted by Crippen LogP contribution is -2.48. The van der Waals surface area contributed by atoms with E-state index in [4.69, 9.17) is 21.0 Å². The number of carbonyl (C=O) groups excluding carboxylic acids is 1. The van der Waals surface area contributed by atoms with Crippen molar-refractivity contribution in [1.82, 2.24) is 29.8 Å². The summed E-state index contributed by atoms with van der Waals surface area (Å²) >= 11 is 5.74. The Kier molecular flexibility index (Phi) is 6.61. The molecule has 4 heterocycles. The van der Waals surface area contributed by atoms with Crippen LogP contribution in [0.25, 0.3) is 0 Å². The van der Waals surface area contributed by atoms with Gasteiger partial charge in [0, 0.05) is 63.8 Å². The fourth-order valence-electron chi connectivity index (χ4n) is 4.65. The molecule has 0 bridgehead atoms. The Balaban J connectivity index is 1.21. The molecule has 3 fully saturated rings. The maximum atomic E-state index is 13.4. The van der Waals surface area contributed by atoms with Crippen molar-refractivity contribution in [2.24, 2.45) is 0 Å². The largest absolute Gasteiger partial charge is 0.377 e. The Hall–Kier alpha value is -2.50. The van der Waals surface area contributed by atoms with Crippen molar-refractivity contribution in [3.05, 3.63) is 23.8 Å². The third-order valence-corrected chi connectivity index (χ3v) is 6.85. The molecule has 1 unspecified atom stereocenters. The van der Waals surface area contributed by atoms with Gasteiger partial charge in [-0.3, -0.25) is 4.79 Å². The Morgan fingerprint density at radius 2 is 1.85 bits per heavy atom. The topological polar surface area (TPSA) is 113 Å². The number of rotatable bonds is 8. The molecule has 2 saturated heterocycles. The Morgan fingerprint density at radius 1 is 1.15 bits per heavy atom. The standard InChI is InChI=1S/C21H29ClN8O3/c1-32-13-18-25-21(33-27-18)28-8-5-17(6-9-28)30(16-2-3-16)19(31)14-10-23-20(24-11-14)29-7-4-15(12-29)26-22/h10-11,15-17,26H,2-9,12-13H2,1H3. The van der Waals surface area contributed by atoms with Crippen molar-refractivity contribution >= 4 is 29.6 Å². The summed E-state index contributed by atoms with van der Waals surface area (Å²) in [6.45, 7) is 3.45. The maximum Gasteiger partial charge on any atom is 0.324 e. The molecular weight excluding hydrogens is 448 g/mol. The number of carbonyl (C=O) groups is 1. The van der Waals surface area contributed by atoms with Crippen LogP contribution in [0.5, 0.6) is 0 Å². The van der Waals surface area contributed by atoms with Crippen LogP contribution in [0.4, 0.5) is 12.0 Å². The van der Waals surface area contributed by atoms with Gasteiger partial charge in [0.25, 0.3) is 5.91 Å². The molecule has 178 valence electrons. The first-order valence-electron chi connectivity index (χ1n) is 11.5. The highest BCUT2D eigenvalue weighted by Gasteiger charge is 2.39. The van der Waals surface area contributed by atoms with Crippen LogP contribution in [0.1, 0.15) is 48.3 Å². The molecule has 1 atom stereocenters. The van der Waals surface area contributed by atoms with Gasteiger partial charge in [0.2, 0.25) is 5.95 Å². The van der Waals surface area contributed by atoms with E-state index in [1.165, 1.54) is 0 Å². The van der Waals surface area contributed by atoms with Gasteiger partial charge >= 0.3 is 6.01 Å². The van der Waals surface area contributed by atoms with Gasteiger partial charge in [0.15, 0.2) is 5.82 Å². The second-order valence-electron chi connectivity index (χ2n) is 8.90. The quantitative estimate of drug-likeness (QED) is 0.563. The van der Waals surface area contributed by atoms with E-state index in [0.29, 0.717) is 36.0 Å². The summed E-state index contributed by atoms with van der Waals surface area (Å²) in [5.74, 6) is 1.19. The maximum absolute atomic E-state index is 13.4. The third kappa shape index (κ3) is 4.90. The lowest BCUT2D eigenvalue weighted by atomic mass is 10.0. The highest BCUT2D eigenvalue weighted by atomic mass is 35.5. The first kappa shape index (κ1) is 22.3. The fraction of sp³-hybridized carbons (Fsp3) is 0.667. The Morgan fingerprint density at radius 3 is 2.48 bits per heavy atom. The molecule has 2 aromatic heterocycles. The molecule has 0 radical (unpaired) electrons. The molecule has 1 saturated carbocycles. The number of halogens is 1. The van der Waals surface area contributed by atoms with Crippen molar-refractivity contribution in [3.8, 4) is 0 Å². The summed E-state index contributed by atoms with van der Waals surface area (Å²) in [6.07, 6.45) is 8.07. The van der Waals surface area contributed by atoms with Crippen LogP contribution in [-0.4, -0.2) is 82.3 Å². The summed E-state index contributed by atoms with van der Waals surface area (Å²) in [4.78, 5) is 35.8. The minimum atomic E-state index is 0.0180. The summed E-state index contributed by atoms with van der Waals surface area (Å²) < 4.78 is 10.4. The summed E-state index contributed by atoms with van der Waals surface area (Å²) in [6, 6.07) is 1.23. The fourth-order valence-corrected chi connectivity index (χ4v) is 4.83. The van der Waals surface area contributed by atoms with Crippen molar-refractivity contribution in [1.29, 1.82) is 0 Å². The van der Waals surface area contributed by atoms with Gasteiger partial charge in [-0.1, -0.05) is 5.16 Å². The molecule has 0 aromatic carbocycles. The number of anilines is 2. The second kappa shape index (κ2) is 9.78. The average Bonchev–Trinajstić information content (AvgIpc) is 3.37. The predicted octanol–water partition coefficient (Wildman–Crippen LogP) is 1.60. The van der Waals surface area contributed by atoms with Crippen molar-refractivity contribution in [3.63, 3.8) is 0 Å². The van der Waals surface area contributed by atoms with E-state index in [0.717, 1.165) is 58.3 Å². The Bertz CT molecular complexity index is 945. The number of hydrogen-bond acceptors (Lipinski definition) is 10. The van der Waals surface area contributed by atoms with Gasteiger partial charge in [-0.25, -0.2) is 14.8 Å². The number of hydrogen-bond donors (Lipinski definition) is 1. The summed E-state index contributed by atoms with van der Waals surface area (Å²) in [5.41, 5.74) is 0.542. The molecule has 33 heavy (non-hydrogen) atoms. The minimum absolute atomic E-state index is 0.0180. The number of piperidine rings is 1. The highest BCUT2D eigenvalue weighted by Crippen LogP contribution is 2.34. The number of nitrogens with zero attached hydrogens (tertiary/aromatic N) is 7. The molecule has 12 heteroatoms. The molecule has 2 aromatic rings. The highest BCUT2D eigenvalue weighted by molar-refractivity contribution is 6.13. The predicted molar refractivity (Wildman–Crippen MR) is 121 cm³/mol. The van der Waals surface area contributed by atoms with Gasteiger partial charge < -0.3 is 24.0 Å². The van der Waals surface area contributed by atoms with E-state index in [9.17, 15) is 4.79 Å². The number of methoxy groups -OCH3 is 1. The van der Waals surface area contributed by atoms with Crippen LogP contribution in [0.15, 0.2) is 16.9 Å². The zero-order chi connectivity index (χ0) is 22.8. The molecule has 5 rings (SSSR count). The van der Waals surface area contributed by atoms with Gasteiger partial charge in [-0.15, -0.1) is 0 Å².